The highest BCUT2D eigenvalue weighted by Crippen LogP contribution is 2.27. The Labute approximate surface area is 270 Å². The van der Waals surface area contributed by atoms with Gasteiger partial charge in [-0.05, 0) is 69.9 Å². The molecule has 3 amide bonds. The molecular formula is C36H56N4O5. The molecule has 2 aliphatic heterocycles. The number of rotatable bonds is 11. The van der Waals surface area contributed by atoms with Crippen molar-refractivity contribution in [2.45, 2.75) is 124 Å². The van der Waals surface area contributed by atoms with Crippen molar-refractivity contribution in [3.05, 3.63) is 47.5 Å². The number of likely N-dealkylation sites (tertiary alicyclic amines) is 2. The smallest absolute Gasteiger partial charge is 0.329 e. The van der Waals surface area contributed by atoms with E-state index in [2.05, 4.69) is 24.1 Å². The lowest BCUT2D eigenvalue weighted by molar-refractivity contribution is -0.153. The predicted octanol–water partition coefficient (Wildman–Crippen LogP) is 4.94. The van der Waals surface area contributed by atoms with Crippen LogP contribution >= 0.6 is 0 Å². The zero-order valence-corrected chi connectivity index (χ0v) is 29.0. The molecule has 0 aromatic heterocycles. The standard InChI is InChI=1S/C36H56N4O5/c1-24(2)30(22-26(5)33(42)40-21-15-19-29(40)35(44)45-23-27-16-11-10-12-17-27)38(9)34(43)31(36(6,7)8)37-32(41)28-18-13-14-20-39(28)25(3)4/h10-12,16-17,22,24-25,28-31H,13-15,18-21,23H2,1-9H3,(H,37,41)/b26-22+/t28?,29-,30+,31+/m0/s1. The summed E-state index contributed by atoms with van der Waals surface area (Å²) in [5, 5.41) is 3.13. The van der Waals surface area contributed by atoms with Crippen molar-refractivity contribution < 1.29 is 23.9 Å². The zero-order chi connectivity index (χ0) is 33.5. The fraction of sp³-hybridized carbons (Fsp3) is 0.667. The van der Waals surface area contributed by atoms with Crippen molar-refractivity contribution in [3.8, 4) is 0 Å². The van der Waals surface area contributed by atoms with Gasteiger partial charge in [-0.2, -0.15) is 0 Å². The molecule has 0 spiro atoms. The normalized spacial score (nSPS) is 21.0. The van der Waals surface area contributed by atoms with Crippen molar-refractivity contribution in [1.29, 1.82) is 0 Å². The molecule has 2 heterocycles. The molecule has 1 aromatic carbocycles. The van der Waals surface area contributed by atoms with E-state index in [1.54, 1.807) is 23.8 Å². The highest BCUT2D eigenvalue weighted by molar-refractivity contribution is 5.96. The van der Waals surface area contributed by atoms with E-state index in [1.807, 2.05) is 71.0 Å². The molecule has 0 bridgehead atoms. The van der Waals surface area contributed by atoms with Gasteiger partial charge in [-0.15, -0.1) is 0 Å². The van der Waals surface area contributed by atoms with Crippen LogP contribution in [0, 0.1) is 11.3 Å². The van der Waals surface area contributed by atoms with E-state index in [-0.39, 0.29) is 42.3 Å². The number of amides is 3. The third-order valence-electron chi connectivity index (χ3n) is 9.16. The number of hydrogen-bond donors (Lipinski definition) is 1. The van der Waals surface area contributed by atoms with Gasteiger partial charge in [0.25, 0.3) is 0 Å². The number of hydrogen-bond acceptors (Lipinski definition) is 6. The van der Waals surface area contributed by atoms with Crippen molar-refractivity contribution >= 4 is 23.7 Å². The SMILES string of the molecule is C/C(=C\[C@H](C(C)C)N(C)C(=O)[C@@H](NC(=O)C1CCCCN1C(C)C)C(C)(C)C)C(=O)N1CCC[C@H]1C(=O)OCc1ccccc1. The minimum atomic E-state index is -0.737. The van der Waals surface area contributed by atoms with Gasteiger partial charge in [-0.25, -0.2) is 4.79 Å². The van der Waals surface area contributed by atoms with E-state index < -0.39 is 29.5 Å². The molecule has 1 aromatic rings. The van der Waals surface area contributed by atoms with Gasteiger partial charge < -0.3 is 19.9 Å². The number of nitrogens with zero attached hydrogens (tertiary/aromatic N) is 3. The summed E-state index contributed by atoms with van der Waals surface area (Å²) < 4.78 is 5.57. The Hall–Kier alpha value is -3.20. The molecule has 250 valence electrons. The second-order valence-corrected chi connectivity index (χ2v) is 14.4. The van der Waals surface area contributed by atoms with Gasteiger partial charge in [0.05, 0.1) is 12.1 Å². The van der Waals surface area contributed by atoms with Crippen molar-refractivity contribution in [1.82, 2.24) is 20.0 Å². The van der Waals surface area contributed by atoms with Gasteiger partial charge in [0.15, 0.2) is 0 Å². The molecule has 2 saturated heterocycles. The monoisotopic (exact) mass is 624 g/mol. The van der Waals surface area contributed by atoms with Crippen molar-refractivity contribution in [3.63, 3.8) is 0 Å². The molecule has 0 aliphatic carbocycles. The summed E-state index contributed by atoms with van der Waals surface area (Å²) in [5.74, 6) is -0.929. The van der Waals surface area contributed by atoms with E-state index in [9.17, 15) is 19.2 Å². The first-order valence-corrected chi connectivity index (χ1v) is 16.7. The fourth-order valence-corrected chi connectivity index (χ4v) is 6.48. The molecule has 2 aliphatic rings. The fourth-order valence-electron chi connectivity index (χ4n) is 6.48. The molecule has 2 fully saturated rings. The number of ether oxygens (including phenoxy) is 1. The maximum absolute atomic E-state index is 14.1. The molecular weight excluding hydrogens is 568 g/mol. The van der Waals surface area contributed by atoms with Crippen LogP contribution in [0.25, 0.3) is 0 Å². The largest absolute Gasteiger partial charge is 0.459 e. The number of benzene rings is 1. The Morgan fingerprint density at radius 1 is 0.978 bits per heavy atom. The number of piperidine rings is 1. The summed E-state index contributed by atoms with van der Waals surface area (Å²) in [7, 11) is 1.74. The third kappa shape index (κ3) is 9.41. The molecule has 3 rings (SSSR count). The van der Waals surface area contributed by atoms with E-state index in [0.717, 1.165) is 37.8 Å². The van der Waals surface area contributed by atoms with Crippen LogP contribution in [0.1, 0.15) is 93.1 Å². The molecule has 1 N–H and O–H groups in total. The summed E-state index contributed by atoms with van der Waals surface area (Å²) in [6.45, 7) is 17.4. The Bertz CT molecular complexity index is 1210. The average Bonchev–Trinajstić information content (AvgIpc) is 3.50. The van der Waals surface area contributed by atoms with E-state index in [0.29, 0.717) is 18.5 Å². The number of carbonyl (C=O) groups excluding carboxylic acids is 4. The number of esters is 1. The third-order valence-corrected chi connectivity index (χ3v) is 9.16. The number of likely N-dealkylation sites (N-methyl/N-ethyl adjacent to an activating group) is 1. The van der Waals surface area contributed by atoms with Crippen LogP contribution in [-0.2, 0) is 30.5 Å². The van der Waals surface area contributed by atoms with Crippen molar-refractivity contribution in [2.75, 3.05) is 20.1 Å². The highest BCUT2D eigenvalue weighted by atomic mass is 16.5. The minimum Gasteiger partial charge on any atom is -0.459 e. The molecule has 9 nitrogen and oxygen atoms in total. The molecule has 4 atom stereocenters. The van der Waals surface area contributed by atoms with E-state index >= 15 is 0 Å². The summed E-state index contributed by atoms with van der Waals surface area (Å²) in [6, 6.07) is 7.71. The van der Waals surface area contributed by atoms with Gasteiger partial charge in [-0.3, -0.25) is 19.3 Å². The predicted molar refractivity (Wildman–Crippen MR) is 177 cm³/mol. The van der Waals surface area contributed by atoms with Crippen LogP contribution in [0.15, 0.2) is 42.0 Å². The number of nitrogens with one attached hydrogen (secondary N) is 1. The molecule has 9 heteroatoms. The Balaban J connectivity index is 1.75. The average molecular weight is 625 g/mol. The molecule has 45 heavy (non-hydrogen) atoms. The Morgan fingerprint density at radius 3 is 2.22 bits per heavy atom. The summed E-state index contributed by atoms with van der Waals surface area (Å²) in [5.41, 5.74) is 0.838. The van der Waals surface area contributed by atoms with E-state index in [4.69, 9.17) is 4.74 Å². The van der Waals surface area contributed by atoms with Gasteiger partial charge in [0.1, 0.15) is 18.7 Å². The lowest BCUT2D eigenvalue weighted by Gasteiger charge is -2.41. The Morgan fingerprint density at radius 2 is 1.62 bits per heavy atom. The van der Waals surface area contributed by atoms with Crippen molar-refractivity contribution in [2.24, 2.45) is 11.3 Å². The summed E-state index contributed by atoms with van der Waals surface area (Å²) in [6.07, 6.45) is 5.95. The summed E-state index contributed by atoms with van der Waals surface area (Å²) in [4.78, 5) is 59.9. The Kier molecular flexibility index (Phi) is 12.8. The molecule has 1 unspecified atom stereocenters. The summed E-state index contributed by atoms with van der Waals surface area (Å²) >= 11 is 0. The van der Waals surface area contributed by atoms with Crippen LogP contribution in [0.5, 0.6) is 0 Å². The second-order valence-electron chi connectivity index (χ2n) is 14.4. The zero-order valence-electron chi connectivity index (χ0n) is 29.0. The van der Waals surface area contributed by atoms with Crippen LogP contribution in [0.4, 0.5) is 0 Å². The second kappa shape index (κ2) is 15.9. The highest BCUT2D eigenvalue weighted by Gasteiger charge is 2.40. The minimum absolute atomic E-state index is 0.00184. The molecule has 0 radical (unpaired) electrons. The van der Waals surface area contributed by atoms with Gasteiger partial charge in [0.2, 0.25) is 17.7 Å². The van der Waals surface area contributed by atoms with Gasteiger partial charge in [-0.1, -0.05) is 77.4 Å². The lowest BCUT2D eigenvalue weighted by Crippen LogP contribution is -2.60. The first-order chi connectivity index (χ1) is 21.1. The van der Waals surface area contributed by atoms with Crippen LogP contribution in [0.3, 0.4) is 0 Å². The first kappa shape index (κ1) is 36.3. The maximum atomic E-state index is 14.1. The lowest BCUT2D eigenvalue weighted by atomic mass is 9.84. The van der Waals surface area contributed by atoms with Crippen LogP contribution < -0.4 is 5.32 Å². The van der Waals surface area contributed by atoms with Crippen LogP contribution in [0.2, 0.25) is 0 Å². The first-order valence-electron chi connectivity index (χ1n) is 16.7. The maximum Gasteiger partial charge on any atom is 0.329 e. The van der Waals surface area contributed by atoms with Gasteiger partial charge >= 0.3 is 5.97 Å². The molecule has 0 saturated carbocycles. The van der Waals surface area contributed by atoms with Crippen LogP contribution in [-0.4, -0.2) is 88.7 Å². The topological polar surface area (TPSA) is 99.3 Å². The van der Waals surface area contributed by atoms with E-state index in [1.165, 1.54) is 0 Å². The quantitative estimate of drug-likeness (QED) is 0.277. The van der Waals surface area contributed by atoms with Gasteiger partial charge in [0, 0.05) is 25.2 Å². The number of carbonyl (C=O) groups is 4.